The van der Waals surface area contributed by atoms with Crippen LogP contribution in [0.3, 0.4) is 0 Å². The lowest BCUT2D eigenvalue weighted by Gasteiger charge is -2.42. The van der Waals surface area contributed by atoms with Crippen LogP contribution in [0, 0.1) is 0 Å². The van der Waals surface area contributed by atoms with Gasteiger partial charge in [-0.3, -0.25) is 0 Å². The maximum atomic E-state index is 6.64. The van der Waals surface area contributed by atoms with Crippen LogP contribution in [0.25, 0.3) is 91.9 Å². The molecule has 5 heterocycles. The fraction of sp³-hybridized carbons (Fsp3) is 0.186. The third-order valence-electron chi connectivity index (χ3n) is 15.3. The number of fused-ring (bicyclic) bond motifs is 17. The lowest BCUT2D eigenvalue weighted by Crippen LogP contribution is -2.60. The molecule has 0 amide bonds. The number of para-hydroxylation sites is 1. The SMILES string of the molecule is CC(C)(C)c1ccc(N2B3c4cc5c(cc4-n4c6cc7oc8ccccc8c7cc6c6ccc(c3c64)-c3cc4sc6cc(C(C)(C)C)ccc6c4cc32)-c2ccccc2C5(C)C)cc1. The van der Waals surface area contributed by atoms with Crippen molar-refractivity contribution in [3.8, 4) is 27.9 Å². The molecule has 8 aromatic carbocycles. The van der Waals surface area contributed by atoms with Crippen LogP contribution in [-0.2, 0) is 16.2 Å². The molecular weight excluding hydrogens is 796 g/mol. The summed E-state index contributed by atoms with van der Waals surface area (Å²) in [5.74, 6) is 0. The standard InChI is InChI=1S/C59H47BN2OS/c1-57(2,3)32-17-20-34(21-18-32)62-49-28-44-37-22-19-33(58(4,5)6)25-53(37)64-54(44)29-42(49)38-23-24-39-41-26-43-36-14-10-12-16-51(36)63-52(43)31-48(41)61-50-27-40-35-13-9-11-15-45(35)59(7,8)46(40)30-47(50)60(62)55(38)56(39)61/h9-31H,1-8H3. The van der Waals surface area contributed by atoms with Crippen LogP contribution in [0.4, 0.5) is 11.4 Å². The van der Waals surface area contributed by atoms with Crippen LogP contribution in [0.5, 0.6) is 0 Å². The number of rotatable bonds is 1. The van der Waals surface area contributed by atoms with Gasteiger partial charge in [-0.1, -0.05) is 140 Å². The zero-order valence-electron chi connectivity index (χ0n) is 37.6. The van der Waals surface area contributed by atoms with Crippen LogP contribution < -0.4 is 15.7 Å². The van der Waals surface area contributed by atoms with E-state index in [1.165, 1.54) is 114 Å². The van der Waals surface area contributed by atoms with E-state index in [2.05, 4.69) is 204 Å². The van der Waals surface area contributed by atoms with Crippen LogP contribution in [-0.4, -0.2) is 11.4 Å². The monoisotopic (exact) mass is 842 g/mol. The molecule has 3 aromatic heterocycles. The molecular formula is C59H47BN2OS. The minimum Gasteiger partial charge on any atom is -0.456 e. The van der Waals surface area contributed by atoms with Gasteiger partial charge in [0.25, 0.3) is 0 Å². The number of nitrogens with zero attached hydrogens (tertiary/aromatic N) is 2. The molecule has 0 spiro atoms. The molecule has 14 rings (SSSR count). The van der Waals surface area contributed by atoms with E-state index < -0.39 is 0 Å². The first-order valence-corrected chi connectivity index (χ1v) is 23.7. The van der Waals surface area contributed by atoms with Crippen molar-refractivity contribution in [1.82, 2.24) is 4.57 Å². The van der Waals surface area contributed by atoms with Crippen molar-refractivity contribution in [1.29, 1.82) is 0 Å². The summed E-state index contributed by atoms with van der Waals surface area (Å²) >= 11 is 1.93. The van der Waals surface area contributed by atoms with Crippen molar-refractivity contribution in [2.75, 3.05) is 4.81 Å². The third kappa shape index (κ3) is 4.68. The summed E-state index contributed by atoms with van der Waals surface area (Å²) < 4.78 is 11.9. The number of thiophene rings is 1. The summed E-state index contributed by atoms with van der Waals surface area (Å²) in [6, 6.07) is 53.9. The van der Waals surface area contributed by atoms with Gasteiger partial charge in [0, 0.05) is 75.8 Å². The van der Waals surface area contributed by atoms with Crippen LogP contribution in [0.15, 0.2) is 144 Å². The molecule has 11 aromatic rings. The van der Waals surface area contributed by atoms with E-state index in [1.807, 2.05) is 11.3 Å². The fourth-order valence-electron chi connectivity index (χ4n) is 11.9. The average molecular weight is 843 g/mol. The summed E-state index contributed by atoms with van der Waals surface area (Å²) in [6.45, 7) is 18.6. The Balaban J connectivity index is 1.14. The van der Waals surface area contributed by atoms with E-state index in [1.54, 1.807) is 0 Å². The van der Waals surface area contributed by atoms with Gasteiger partial charge in [-0.25, -0.2) is 0 Å². The Morgan fingerprint density at radius 2 is 1.25 bits per heavy atom. The molecule has 0 saturated heterocycles. The molecule has 0 radical (unpaired) electrons. The highest BCUT2D eigenvalue weighted by Gasteiger charge is 2.46. The predicted octanol–water partition coefficient (Wildman–Crippen LogP) is 15.2. The minimum atomic E-state index is -0.158. The molecule has 1 aliphatic carbocycles. The Labute approximate surface area is 377 Å². The molecule has 3 aliphatic rings. The summed E-state index contributed by atoms with van der Waals surface area (Å²) in [5.41, 5.74) is 21.5. The van der Waals surface area contributed by atoms with Crippen LogP contribution >= 0.6 is 11.3 Å². The Kier molecular flexibility index (Phi) is 6.89. The van der Waals surface area contributed by atoms with Gasteiger partial charge in [-0.15, -0.1) is 11.3 Å². The molecule has 5 heteroatoms. The molecule has 0 atom stereocenters. The maximum Gasteiger partial charge on any atom is 0.333 e. The summed E-state index contributed by atoms with van der Waals surface area (Å²) in [4.78, 5) is 2.71. The molecule has 0 saturated carbocycles. The van der Waals surface area contributed by atoms with Gasteiger partial charge in [-0.2, -0.15) is 0 Å². The van der Waals surface area contributed by atoms with Gasteiger partial charge in [-0.05, 0) is 109 Å². The normalized spacial score (nSPS) is 14.9. The molecule has 0 unspecified atom stereocenters. The van der Waals surface area contributed by atoms with Gasteiger partial charge < -0.3 is 13.8 Å². The number of benzene rings is 8. The Morgan fingerprint density at radius 1 is 0.516 bits per heavy atom. The zero-order chi connectivity index (χ0) is 43.3. The lowest BCUT2D eigenvalue weighted by atomic mass is 9.43. The van der Waals surface area contributed by atoms with Crippen molar-refractivity contribution < 1.29 is 4.42 Å². The number of hydrogen-bond acceptors (Lipinski definition) is 3. The van der Waals surface area contributed by atoms with Crippen molar-refractivity contribution in [2.24, 2.45) is 0 Å². The number of hydrogen-bond donors (Lipinski definition) is 0. The maximum absolute atomic E-state index is 6.64. The average Bonchev–Trinajstić information content (AvgIpc) is 3.99. The van der Waals surface area contributed by atoms with Crippen molar-refractivity contribution >= 4 is 104 Å². The largest absolute Gasteiger partial charge is 0.456 e. The number of furan rings is 1. The second kappa shape index (κ2) is 12.0. The minimum absolute atomic E-state index is 0.0365. The van der Waals surface area contributed by atoms with Gasteiger partial charge in [0.2, 0.25) is 0 Å². The Bertz CT molecular complexity index is 3900. The molecule has 64 heavy (non-hydrogen) atoms. The highest BCUT2D eigenvalue weighted by molar-refractivity contribution is 7.25. The van der Waals surface area contributed by atoms with Gasteiger partial charge in [0.1, 0.15) is 11.2 Å². The number of aromatic nitrogens is 1. The van der Waals surface area contributed by atoms with E-state index in [-0.39, 0.29) is 23.1 Å². The van der Waals surface area contributed by atoms with E-state index in [4.69, 9.17) is 4.42 Å². The topological polar surface area (TPSA) is 21.3 Å². The summed E-state index contributed by atoms with van der Waals surface area (Å²) in [7, 11) is 0. The van der Waals surface area contributed by atoms with Crippen molar-refractivity contribution in [3.05, 3.63) is 162 Å². The fourth-order valence-corrected chi connectivity index (χ4v) is 13.1. The van der Waals surface area contributed by atoms with Crippen molar-refractivity contribution in [2.45, 2.75) is 71.6 Å². The molecule has 3 nitrogen and oxygen atoms in total. The third-order valence-corrected chi connectivity index (χ3v) is 16.4. The van der Waals surface area contributed by atoms with Crippen LogP contribution in [0.1, 0.15) is 77.6 Å². The second-order valence-electron chi connectivity index (χ2n) is 21.3. The Morgan fingerprint density at radius 3 is 2.06 bits per heavy atom. The molecule has 0 bridgehead atoms. The quantitative estimate of drug-likeness (QED) is 0.154. The highest BCUT2D eigenvalue weighted by Crippen LogP contribution is 2.53. The molecule has 0 N–H and O–H groups in total. The molecule has 308 valence electrons. The first-order valence-electron chi connectivity index (χ1n) is 22.9. The smallest absolute Gasteiger partial charge is 0.333 e. The van der Waals surface area contributed by atoms with Gasteiger partial charge in [0.05, 0.1) is 11.0 Å². The predicted molar refractivity (Wildman–Crippen MR) is 275 cm³/mol. The van der Waals surface area contributed by atoms with Crippen molar-refractivity contribution in [3.63, 3.8) is 0 Å². The number of anilines is 2. The first-order chi connectivity index (χ1) is 30.7. The Hall–Kier alpha value is -6.56. The van der Waals surface area contributed by atoms with Gasteiger partial charge >= 0.3 is 6.85 Å². The highest BCUT2D eigenvalue weighted by atomic mass is 32.1. The first kappa shape index (κ1) is 36.9. The van der Waals surface area contributed by atoms with Gasteiger partial charge in [0.15, 0.2) is 0 Å². The summed E-state index contributed by atoms with van der Waals surface area (Å²) in [5, 5.41) is 7.51. The van der Waals surface area contributed by atoms with E-state index in [0.717, 1.165) is 21.9 Å². The van der Waals surface area contributed by atoms with E-state index in [0.29, 0.717) is 0 Å². The van der Waals surface area contributed by atoms with E-state index in [9.17, 15) is 0 Å². The second-order valence-corrected chi connectivity index (χ2v) is 22.4. The lowest BCUT2D eigenvalue weighted by molar-refractivity contribution is 0.590. The van der Waals surface area contributed by atoms with E-state index >= 15 is 0 Å². The molecule has 2 aliphatic heterocycles. The molecule has 0 fully saturated rings. The van der Waals surface area contributed by atoms with Crippen LogP contribution in [0.2, 0.25) is 0 Å². The zero-order valence-corrected chi connectivity index (χ0v) is 38.4. The summed E-state index contributed by atoms with van der Waals surface area (Å²) in [6.07, 6.45) is 0.